The van der Waals surface area contributed by atoms with Crippen LogP contribution in [0.15, 0.2) is 0 Å². The van der Waals surface area contributed by atoms with Crippen LogP contribution < -0.4 is 0 Å². The van der Waals surface area contributed by atoms with Gasteiger partial charge in [0.2, 0.25) is 11.8 Å². The summed E-state index contributed by atoms with van der Waals surface area (Å²) < 4.78 is 0. The van der Waals surface area contributed by atoms with Crippen molar-refractivity contribution < 1.29 is 14.7 Å². The first-order valence-electron chi connectivity index (χ1n) is 6.28. The molecular formula is C13H21NO3. The smallest absolute Gasteiger partial charge is 0.233 e. The summed E-state index contributed by atoms with van der Waals surface area (Å²) in [6.45, 7) is 6.79. The predicted molar refractivity (Wildman–Crippen MR) is 63.1 cm³/mol. The molecule has 2 aliphatic rings. The Kier molecular flexibility index (Phi) is 2.62. The summed E-state index contributed by atoms with van der Waals surface area (Å²) in [6.07, 6.45) is 2.59. The molecule has 0 aromatic carbocycles. The van der Waals surface area contributed by atoms with E-state index in [9.17, 15) is 14.7 Å². The standard InChI is InChI=1S/C13H21NO3/c1-12(2,13(3,4)17)14-10(15)8-6-5-7-9(8)11(14)16/h8-9,17H,5-7H2,1-4H3. The zero-order chi connectivity index (χ0) is 13.0. The molecule has 4 nitrogen and oxygen atoms in total. The van der Waals surface area contributed by atoms with E-state index in [0.717, 1.165) is 19.3 Å². The topological polar surface area (TPSA) is 57.6 Å². The van der Waals surface area contributed by atoms with Gasteiger partial charge in [0.05, 0.1) is 23.0 Å². The highest BCUT2D eigenvalue weighted by Crippen LogP contribution is 2.44. The van der Waals surface area contributed by atoms with Gasteiger partial charge in [-0.25, -0.2) is 0 Å². The monoisotopic (exact) mass is 239 g/mol. The second kappa shape index (κ2) is 3.55. The molecule has 1 N–H and O–H groups in total. The molecule has 2 fully saturated rings. The van der Waals surface area contributed by atoms with E-state index in [4.69, 9.17) is 0 Å². The van der Waals surface area contributed by atoms with Crippen molar-refractivity contribution in [2.45, 2.75) is 58.1 Å². The van der Waals surface area contributed by atoms with E-state index in [0.29, 0.717) is 0 Å². The van der Waals surface area contributed by atoms with Crippen molar-refractivity contribution in [3.8, 4) is 0 Å². The summed E-state index contributed by atoms with van der Waals surface area (Å²) in [4.78, 5) is 25.9. The highest BCUT2D eigenvalue weighted by atomic mass is 16.3. The maximum Gasteiger partial charge on any atom is 0.233 e. The zero-order valence-electron chi connectivity index (χ0n) is 11.0. The zero-order valence-corrected chi connectivity index (χ0v) is 11.0. The molecular weight excluding hydrogens is 218 g/mol. The Bertz CT molecular complexity index is 345. The van der Waals surface area contributed by atoms with Gasteiger partial charge in [0.25, 0.3) is 0 Å². The van der Waals surface area contributed by atoms with Gasteiger partial charge in [-0.3, -0.25) is 14.5 Å². The van der Waals surface area contributed by atoms with Crippen molar-refractivity contribution in [3.63, 3.8) is 0 Å². The number of hydrogen-bond acceptors (Lipinski definition) is 3. The molecule has 96 valence electrons. The molecule has 2 atom stereocenters. The van der Waals surface area contributed by atoms with Gasteiger partial charge in [0.15, 0.2) is 0 Å². The first-order chi connectivity index (χ1) is 7.68. The second-order valence-corrected chi connectivity index (χ2v) is 6.27. The third kappa shape index (κ3) is 1.61. The number of likely N-dealkylation sites (tertiary alicyclic amines) is 1. The Morgan fingerprint density at radius 2 is 1.47 bits per heavy atom. The fourth-order valence-corrected chi connectivity index (χ4v) is 2.82. The Labute approximate surface area is 102 Å². The van der Waals surface area contributed by atoms with E-state index in [1.807, 2.05) is 0 Å². The van der Waals surface area contributed by atoms with Crippen LogP contribution in [0.2, 0.25) is 0 Å². The van der Waals surface area contributed by atoms with Gasteiger partial charge in [-0.05, 0) is 40.5 Å². The molecule has 1 saturated carbocycles. The highest BCUT2D eigenvalue weighted by molar-refractivity contribution is 6.06. The van der Waals surface area contributed by atoms with Crippen molar-refractivity contribution in [3.05, 3.63) is 0 Å². The van der Waals surface area contributed by atoms with Gasteiger partial charge in [-0.1, -0.05) is 6.42 Å². The molecule has 0 aromatic rings. The minimum absolute atomic E-state index is 0.0929. The Balaban J connectivity index is 2.35. The molecule has 2 amide bonds. The molecule has 4 heteroatoms. The Morgan fingerprint density at radius 1 is 1.06 bits per heavy atom. The molecule has 1 saturated heterocycles. The van der Waals surface area contributed by atoms with Crippen LogP contribution in [0.25, 0.3) is 0 Å². The molecule has 0 radical (unpaired) electrons. The molecule has 17 heavy (non-hydrogen) atoms. The Hall–Kier alpha value is -0.900. The van der Waals surface area contributed by atoms with Crippen molar-refractivity contribution >= 4 is 11.8 Å². The highest BCUT2D eigenvalue weighted by Gasteiger charge is 2.57. The Morgan fingerprint density at radius 3 is 1.82 bits per heavy atom. The minimum Gasteiger partial charge on any atom is -0.388 e. The first kappa shape index (κ1) is 12.6. The molecule has 0 spiro atoms. The first-order valence-corrected chi connectivity index (χ1v) is 6.28. The lowest BCUT2D eigenvalue weighted by molar-refractivity contribution is -0.157. The van der Waals surface area contributed by atoms with E-state index in [-0.39, 0.29) is 23.7 Å². The SMILES string of the molecule is CC(C)(O)C(C)(C)N1C(=O)C2CCCC2C1=O. The van der Waals surface area contributed by atoms with Crippen LogP contribution in [0.5, 0.6) is 0 Å². The average Bonchev–Trinajstić information content (AvgIpc) is 2.69. The van der Waals surface area contributed by atoms with Crippen molar-refractivity contribution in [1.82, 2.24) is 4.90 Å². The summed E-state index contributed by atoms with van der Waals surface area (Å²) in [7, 11) is 0. The van der Waals surface area contributed by atoms with Crippen LogP contribution in [-0.2, 0) is 9.59 Å². The van der Waals surface area contributed by atoms with Crippen LogP contribution in [0, 0.1) is 11.8 Å². The number of nitrogens with zero attached hydrogens (tertiary/aromatic N) is 1. The fraction of sp³-hybridized carbons (Fsp3) is 0.846. The van der Waals surface area contributed by atoms with E-state index < -0.39 is 11.1 Å². The van der Waals surface area contributed by atoms with Crippen LogP contribution in [-0.4, -0.2) is 33.0 Å². The molecule has 0 bridgehead atoms. The van der Waals surface area contributed by atoms with Gasteiger partial charge in [-0.15, -0.1) is 0 Å². The van der Waals surface area contributed by atoms with Crippen molar-refractivity contribution in [1.29, 1.82) is 0 Å². The minimum atomic E-state index is -1.10. The van der Waals surface area contributed by atoms with E-state index in [1.54, 1.807) is 27.7 Å². The maximum atomic E-state index is 12.3. The quantitative estimate of drug-likeness (QED) is 0.739. The van der Waals surface area contributed by atoms with Crippen molar-refractivity contribution in [2.24, 2.45) is 11.8 Å². The molecule has 2 unspecified atom stereocenters. The molecule has 1 heterocycles. The van der Waals surface area contributed by atoms with Crippen LogP contribution in [0.4, 0.5) is 0 Å². The summed E-state index contributed by atoms with van der Waals surface area (Å²) in [5.41, 5.74) is -1.96. The fourth-order valence-electron chi connectivity index (χ4n) is 2.82. The maximum absolute atomic E-state index is 12.3. The third-order valence-electron chi connectivity index (χ3n) is 4.65. The molecule has 1 aliphatic heterocycles. The van der Waals surface area contributed by atoms with E-state index in [1.165, 1.54) is 4.90 Å². The van der Waals surface area contributed by atoms with Crippen molar-refractivity contribution in [2.75, 3.05) is 0 Å². The number of hydrogen-bond donors (Lipinski definition) is 1. The summed E-state index contributed by atoms with van der Waals surface area (Å²) in [6, 6.07) is 0. The number of imide groups is 1. The van der Waals surface area contributed by atoms with Gasteiger partial charge >= 0.3 is 0 Å². The lowest BCUT2D eigenvalue weighted by atomic mass is 9.84. The third-order valence-corrected chi connectivity index (χ3v) is 4.65. The van der Waals surface area contributed by atoms with Gasteiger partial charge < -0.3 is 5.11 Å². The number of amides is 2. The van der Waals surface area contributed by atoms with Crippen LogP contribution in [0.3, 0.4) is 0 Å². The summed E-state index contributed by atoms with van der Waals surface area (Å²) in [5, 5.41) is 10.2. The average molecular weight is 239 g/mol. The molecule has 0 aromatic heterocycles. The van der Waals surface area contributed by atoms with Gasteiger partial charge in [0.1, 0.15) is 0 Å². The van der Waals surface area contributed by atoms with E-state index in [2.05, 4.69) is 0 Å². The predicted octanol–water partition coefficient (Wildman–Crippen LogP) is 1.32. The summed E-state index contributed by atoms with van der Waals surface area (Å²) in [5.74, 6) is -0.456. The van der Waals surface area contributed by atoms with Gasteiger partial charge in [0, 0.05) is 0 Å². The largest absolute Gasteiger partial charge is 0.388 e. The number of aliphatic hydroxyl groups is 1. The van der Waals surface area contributed by atoms with Crippen LogP contribution >= 0.6 is 0 Å². The normalized spacial score (nSPS) is 30.1. The number of carbonyl (C=O) groups excluding carboxylic acids is 2. The second-order valence-electron chi connectivity index (χ2n) is 6.27. The van der Waals surface area contributed by atoms with E-state index >= 15 is 0 Å². The number of carbonyl (C=O) groups is 2. The molecule has 1 aliphatic carbocycles. The lowest BCUT2D eigenvalue weighted by Gasteiger charge is -2.43. The number of fused-ring (bicyclic) bond motifs is 1. The molecule has 2 rings (SSSR count). The lowest BCUT2D eigenvalue weighted by Crippen LogP contribution is -2.60. The summed E-state index contributed by atoms with van der Waals surface area (Å²) >= 11 is 0. The van der Waals surface area contributed by atoms with Crippen LogP contribution in [0.1, 0.15) is 47.0 Å². The van der Waals surface area contributed by atoms with Gasteiger partial charge in [-0.2, -0.15) is 0 Å². The number of rotatable bonds is 2.